The van der Waals surface area contributed by atoms with Gasteiger partial charge in [-0.3, -0.25) is 24.1 Å². The summed E-state index contributed by atoms with van der Waals surface area (Å²) in [6, 6.07) is 0.249. The predicted octanol–water partition coefficient (Wildman–Crippen LogP) is 9.40. The first-order valence-electron chi connectivity index (χ1n) is 22.2. The van der Waals surface area contributed by atoms with Crippen LogP contribution in [-0.4, -0.2) is 65.4 Å². The van der Waals surface area contributed by atoms with Gasteiger partial charge in [-0.1, -0.05) is 60.5 Å². The maximum Gasteiger partial charge on any atom is 0.309 e. The van der Waals surface area contributed by atoms with Crippen LogP contribution in [0.2, 0.25) is 0 Å². The summed E-state index contributed by atoms with van der Waals surface area (Å²) in [5.74, 6) is 1.26. The molecule has 5 fully saturated rings. The highest BCUT2D eigenvalue weighted by molar-refractivity contribution is 6.00. The van der Waals surface area contributed by atoms with E-state index < -0.39 is 17.4 Å². The second-order valence-electron chi connectivity index (χ2n) is 22.1. The normalized spacial score (nSPS) is 37.2. The van der Waals surface area contributed by atoms with E-state index in [0.29, 0.717) is 42.4 Å². The van der Waals surface area contributed by atoms with Crippen LogP contribution in [0, 0.1) is 62.1 Å². The van der Waals surface area contributed by atoms with Crippen LogP contribution in [0.25, 0.3) is 0 Å². The minimum Gasteiger partial charge on any atom is -0.481 e. The number of allylic oxidation sites excluding steroid dienone is 2. The number of rotatable bonds is 13. The number of hydrogen-bond acceptors (Lipinski definition) is 6. The van der Waals surface area contributed by atoms with Crippen molar-refractivity contribution in [2.45, 2.75) is 178 Å². The Morgan fingerprint density at radius 1 is 0.891 bits per heavy atom. The van der Waals surface area contributed by atoms with E-state index in [9.17, 15) is 24.3 Å². The zero-order chi connectivity index (χ0) is 40.5. The number of Topliss-reactive ketones (excluding diaryl/α,β-unsaturated/α-hetero) is 1. The van der Waals surface area contributed by atoms with Crippen molar-refractivity contribution >= 4 is 23.6 Å². The summed E-state index contributed by atoms with van der Waals surface area (Å²) in [4.78, 5) is 54.6. The Labute approximate surface area is 333 Å². The summed E-state index contributed by atoms with van der Waals surface area (Å²) in [6.07, 6.45) is 13.4. The molecule has 310 valence electrons. The van der Waals surface area contributed by atoms with Crippen molar-refractivity contribution in [3.05, 3.63) is 11.1 Å². The van der Waals surface area contributed by atoms with Crippen molar-refractivity contribution in [3.8, 4) is 0 Å². The van der Waals surface area contributed by atoms with Crippen molar-refractivity contribution in [3.63, 3.8) is 0 Å². The van der Waals surface area contributed by atoms with Crippen molar-refractivity contribution in [2.24, 2.45) is 62.1 Å². The highest BCUT2D eigenvalue weighted by Gasteiger charge is 2.70. The smallest absolute Gasteiger partial charge is 0.309 e. The van der Waals surface area contributed by atoms with Gasteiger partial charge < -0.3 is 15.2 Å². The lowest BCUT2D eigenvalue weighted by atomic mass is 9.33. The van der Waals surface area contributed by atoms with Crippen molar-refractivity contribution in [1.82, 2.24) is 10.2 Å². The van der Waals surface area contributed by atoms with Crippen LogP contribution < -0.4 is 5.32 Å². The number of carboxylic acid groups (broad SMARTS) is 1. The number of carbonyl (C=O) groups excluding carboxylic acids is 3. The molecule has 0 aromatic heterocycles. The summed E-state index contributed by atoms with van der Waals surface area (Å²) in [5.41, 5.74) is 1.41. The number of esters is 1. The van der Waals surface area contributed by atoms with E-state index in [4.69, 9.17) is 4.74 Å². The molecule has 5 saturated carbocycles. The van der Waals surface area contributed by atoms with E-state index >= 15 is 0 Å². The fourth-order valence-electron chi connectivity index (χ4n) is 13.9. The molecule has 8 atom stereocenters. The van der Waals surface area contributed by atoms with Gasteiger partial charge in [0.2, 0.25) is 5.91 Å². The average molecular weight is 765 g/mol. The lowest BCUT2D eigenvalue weighted by Gasteiger charge is -2.72. The SMILES string of the molecule is CC(C)C1=C2[C@H]3CCC4[C@@]5(C)CC[C@H](OC(=O)CC(C)(C)C(=O)O)C(C)(C)C5CC[C@@]4(C)[C@]3(C)CC[C@@]2(CCN(CC(=O)NCC2CCC2)C(C)C)CC1=O. The number of ketones is 1. The standard InChI is InChI=1S/C47H76N2O6/c1-29(2)39-33(50)25-47(23-24-49(30(3)4)28-37(51)48-27-31-13-12-14-31)22-21-45(10)32(40(39)47)15-16-35-44(9)19-18-36(55-38(52)26-42(5,6)41(53)54)43(7,8)34(44)17-20-46(35,45)11/h29-32,34-36H,12-28H2,1-11H3,(H,48,51)(H,53,54)/t32-,34?,35?,36+,44+,45-,46-,47-/m1/s1. The Hall–Kier alpha value is -2.22. The molecule has 0 aromatic rings. The first-order valence-corrected chi connectivity index (χ1v) is 22.2. The Bertz CT molecular complexity index is 1560. The van der Waals surface area contributed by atoms with Crippen LogP contribution in [0.4, 0.5) is 0 Å². The monoisotopic (exact) mass is 765 g/mol. The molecule has 6 rings (SSSR count). The molecule has 1 amide bonds. The van der Waals surface area contributed by atoms with Crippen LogP contribution in [0.1, 0.15) is 166 Å². The first-order chi connectivity index (χ1) is 25.5. The number of carbonyl (C=O) groups is 4. The van der Waals surface area contributed by atoms with Crippen LogP contribution in [0.15, 0.2) is 11.1 Å². The van der Waals surface area contributed by atoms with Gasteiger partial charge in [0, 0.05) is 29.8 Å². The fraction of sp³-hybridized carbons (Fsp3) is 0.872. The average Bonchev–Trinajstić information content (AvgIpc) is 3.35. The summed E-state index contributed by atoms with van der Waals surface area (Å²) < 4.78 is 6.19. The van der Waals surface area contributed by atoms with E-state index in [1.54, 1.807) is 13.8 Å². The van der Waals surface area contributed by atoms with Gasteiger partial charge in [-0.25, -0.2) is 0 Å². The van der Waals surface area contributed by atoms with Gasteiger partial charge in [-0.05, 0) is 156 Å². The third kappa shape index (κ3) is 7.17. The lowest BCUT2D eigenvalue weighted by molar-refractivity contribution is -0.233. The highest BCUT2D eigenvalue weighted by atomic mass is 16.5. The molecule has 2 N–H and O–H groups in total. The second-order valence-corrected chi connectivity index (χ2v) is 22.1. The van der Waals surface area contributed by atoms with Crippen molar-refractivity contribution in [1.29, 1.82) is 0 Å². The van der Waals surface area contributed by atoms with Gasteiger partial charge in [-0.15, -0.1) is 0 Å². The van der Waals surface area contributed by atoms with Gasteiger partial charge in [0.1, 0.15) is 6.10 Å². The van der Waals surface area contributed by atoms with Gasteiger partial charge in [0.15, 0.2) is 5.78 Å². The van der Waals surface area contributed by atoms with E-state index in [0.717, 1.165) is 76.5 Å². The third-order valence-corrected chi connectivity index (χ3v) is 17.7. The van der Waals surface area contributed by atoms with Crippen LogP contribution >= 0.6 is 0 Å². The number of ether oxygens (including phenoxy) is 1. The van der Waals surface area contributed by atoms with Crippen LogP contribution in [0.3, 0.4) is 0 Å². The Morgan fingerprint density at radius 2 is 1.58 bits per heavy atom. The van der Waals surface area contributed by atoms with Crippen molar-refractivity contribution < 1.29 is 29.0 Å². The molecule has 55 heavy (non-hydrogen) atoms. The maximum absolute atomic E-state index is 14.2. The number of carboxylic acids is 1. The van der Waals surface area contributed by atoms with Crippen LogP contribution in [0.5, 0.6) is 0 Å². The summed E-state index contributed by atoms with van der Waals surface area (Å²) >= 11 is 0. The maximum atomic E-state index is 14.2. The number of nitrogens with zero attached hydrogens (tertiary/aromatic N) is 1. The molecule has 0 aromatic carbocycles. The predicted molar refractivity (Wildman–Crippen MR) is 217 cm³/mol. The lowest BCUT2D eigenvalue weighted by Crippen LogP contribution is -2.65. The third-order valence-electron chi connectivity index (χ3n) is 17.7. The van der Waals surface area contributed by atoms with Gasteiger partial charge >= 0.3 is 11.9 Å². The number of fused-ring (bicyclic) bond motifs is 7. The molecular weight excluding hydrogens is 689 g/mol. The minimum absolute atomic E-state index is 0.0719. The van der Waals surface area contributed by atoms with E-state index in [-0.39, 0.29) is 57.5 Å². The largest absolute Gasteiger partial charge is 0.481 e. The molecule has 0 aliphatic heterocycles. The van der Waals surface area contributed by atoms with Crippen LogP contribution in [-0.2, 0) is 23.9 Å². The molecule has 2 unspecified atom stereocenters. The zero-order valence-corrected chi connectivity index (χ0v) is 36.5. The molecule has 6 aliphatic rings. The number of aliphatic carboxylic acids is 1. The molecular formula is C47H76N2O6. The van der Waals surface area contributed by atoms with Crippen molar-refractivity contribution in [2.75, 3.05) is 19.6 Å². The fourth-order valence-corrected chi connectivity index (χ4v) is 13.9. The molecule has 8 nitrogen and oxygen atoms in total. The van der Waals surface area contributed by atoms with Gasteiger partial charge in [0.05, 0.1) is 18.4 Å². The number of amides is 1. The first kappa shape index (κ1) is 42.4. The molecule has 6 aliphatic carbocycles. The summed E-state index contributed by atoms with van der Waals surface area (Å²) in [7, 11) is 0. The second kappa shape index (κ2) is 14.9. The highest BCUT2D eigenvalue weighted by Crippen LogP contribution is 2.77. The minimum atomic E-state index is -1.16. The molecule has 0 bridgehead atoms. The van der Waals surface area contributed by atoms with E-state index in [1.165, 1.54) is 24.8 Å². The topological polar surface area (TPSA) is 113 Å². The number of hydrogen-bond donors (Lipinski definition) is 2. The molecule has 0 saturated heterocycles. The van der Waals surface area contributed by atoms with E-state index in [2.05, 4.69) is 72.5 Å². The zero-order valence-electron chi connectivity index (χ0n) is 36.5. The van der Waals surface area contributed by atoms with Gasteiger partial charge in [-0.2, -0.15) is 0 Å². The number of nitrogens with one attached hydrogen (secondary N) is 1. The summed E-state index contributed by atoms with van der Waals surface area (Å²) in [6.45, 7) is 26.4. The molecule has 0 spiro atoms. The molecule has 0 heterocycles. The quantitative estimate of drug-likeness (QED) is 0.180. The Morgan fingerprint density at radius 3 is 2.18 bits per heavy atom. The molecule has 8 heteroatoms. The molecule has 0 radical (unpaired) electrons. The van der Waals surface area contributed by atoms with E-state index in [1.807, 2.05) is 0 Å². The Balaban J connectivity index is 1.23. The van der Waals surface area contributed by atoms with Gasteiger partial charge in [0.25, 0.3) is 0 Å². The Kier molecular flexibility index (Phi) is 11.5. The summed E-state index contributed by atoms with van der Waals surface area (Å²) in [5, 5.41) is 12.9.